The number of nitrogens with zero attached hydrogens (tertiary/aromatic N) is 2. The second-order valence-electron chi connectivity index (χ2n) is 7.21. The molecule has 0 fully saturated rings. The molecule has 0 aliphatic carbocycles. The van der Waals surface area contributed by atoms with Gasteiger partial charge in [-0.15, -0.1) is 22.7 Å². The number of hydrogen-bond donors (Lipinski definition) is 0. The lowest BCUT2D eigenvalue weighted by atomic mass is 9.98. The molecule has 0 radical (unpaired) electrons. The van der Waals surface area contributed by atoms with Crippen molar-refractivity contribution in [1.82, 2.24) is 4.90 Å². The summed E-state index contributed by atoms with van der Waals surface area (Å²) in [7, 11) is 0. The predicted molar refractivity (Wildman–Crippen MR) is 113 cm³/mol. The summed E-state index contributed by atoms with van der Waals surface area (Å²) in [6, 6.07) is 15.1. The Kier molecular flexibility index (Phi) is 4.50. The van der Waals surface area contributed by atoms with Crippen LogP contribution in [0.15, 0.2) is 53.2 Å². The van der Waals surface area contributed by atoms with E-state index in [1.165, 1.54) is 26.6 Å². The smallest absolute Gasteiger partial charge is 0.242 e. The molecule has 0 saturated carbocycles. The Morgan fingerprint density at radius 3 is 2.81 bits per heavy atom. The predicted octanol–water partition coefficient (Wildman–Crippen LogP) is 4.74. The zero-order chi connectivity index (χ0) is 18.2. The fourth-order valence-electron chi connectivity index (χ4n) is 4.37. The third-order valence-corrected chi connectivity index (χ3v) is 7.55. The molecule has 0 saturated heterocycles. The summed E-state index contributed by atoms with van der Waals surface area (Å²) in [6.07, 6.45) is 3.20. The highest BCUT2D eigenvalue weighted by molar-refractivity contribution is 7.10. The molecule has 2 aliphatic rings. The van der Waals surface area contributed by atoms with Crippen molar-refractivity contribution in [3.8, 4) is 0 Å². The van der Waals surface area contributed by atoms with Gasteiger partial charge in [0.15, 0.2) is 0 Å². The molecule has 3 aromatic rings. The molecular formula is C22H22N2OS2. The maximum absolute atomic E-state index is 13.4. The molecule has 2 aliphatic heterocycles. The lowest BCUT2D eigenvalue weighted by Crippen LogP contribution is -2.46. The Bertz CT molecular complexity index is 947. The summed E-state index contributed by atoms with van der Waals surface area (Å²) in [6.45, 7) is 2.24. The van der Waals surface area contributed by atoms with Crippen LogP contribution in [0.3, 0.4) is 0 Å². The topological polar surface area (TPSA) is 23.6 Å². The number of carbonyl (C=O) groups is 1. The quantitative estimate of drug-likeness (QED) is 0.641. The van der Waals surface area contributed by atoms with Gasteiger partial charge in [0.2, 0.25) is 5.91 Å². The van der Waals surface area contributed by atoms with Crippen LogP contribution in [-0.2, 0) is 17.6 Å². The molecule has 5 heteroatoms. The average Bonchev–Trinajstić information content (AvgIpc) is 3.39. The number of fused-ring (bicyclic) bond motifs is 2. The van der Waals surface area contributed by atoms with E-state index < -0.39 is 0 Å². The molecule has 5 rings (SSSR count). The highest BCUT2D eigenvalue weighted by Crippen LogP contribution is 2.39. The van der Waals surface area contributed by atoms with Crippen LogP contribution in [0.4, 0.5) is 5.69 Å². The number of anilines is 1. The molecule has 0 unspecified atom stereocenters. The number of aryl methyl sites for hydroxylation is 1. The van der Waals surface area contributed by atoms with Crippen LogP contribution in [0.1, 0.15) is 33.3 Å². The standard InChI is InChI=1S/C22H22N2OS2/c25-21(15-23-11-3-6-16-5-1-2-7-18(16)23)24-12-9-19-17(10-14-27-19)22(24)20-8-4-13-26-20/h1-2,4-5,7-8,10,13-14,22H,3,6,9,11-12,15H2/t22-/m1/s1. The summed E-state index contributed by atoms with van der Waals surface area (Å²) in [5.74, 6) is 0.238. The molecule has 1 atom stereocenters. The van der Waals surface area contributed by atoms with E-state index in [1.54, 1.807) is 11.3 Å². The zero-order valence-electron chi connectivity index (χ0n) is 15.1. The number of hydrogen-bond acceptors (Lipinski definition) is 4. The highest BCUT2D eigenvalue weighted by atomic mass is 32.1. The van der Waals surface area contributed by atoms with Crippen molar-refractivity contribution < 1.29 is 4.79 Å². The first-order chi connectivity index (χ1) is 13.3. The molecule has 0 N–H and O–H groups in total. The van der Waals surface area contributed by atoms with Crippen LogP contribution in [-0.4, -0.2) is 30.4 Å². The van der Waals surface area contributed by atoms with Crippen LogP contribution in [0, 0.1) is 0 Å². The summed E-state index contributed by atoms with van der Waals surface area (Å²) in [4.78, 5) is 20.5. The van der Waals surface area contributed by atoms with E-state index >= 15 is 0 Å². The first-order valence-electron chi connectivity index (χ1n) is 9.53. The SMILES string of the molecule is O=C(CN1CCCc2ccccc21)N1CCc2sccc2[C@@H]1c1cccs1. The van der Waals surface area contributed by atoms with Gasteiger partial charge in [0.1, 0.15) is 0 Å². The van der Waals surface area contributed by atoms with E-state index in [0.29, 0.717) is 6.54 Å². The lowest BCUT2D eigenvalue weighted by Gasteiger charge is -2.38. The van der Waals surface area contributed by atoms with Gasteiger partial charge in [0.25, 0.3) is 0 Å². The molecule has 4 heterocycles. The Hall–Kier alpha value is -2.11. The summed E-state index contributed by atoms with van der Waals surface area (Å²) < 4.78 is 0. The van der Waals surface area contributed by atoms with E-state index in [4.69, 9.17) is 0 Å². The fourth-order valence-corrected chi connectivity index (χ4v) is 6.13. The number of rotatable bonds is 3. The van der Waals surface area contributed by atoms with Gasteiger partial charge in [-0.25, -0.2) is 0 Å². The van der Waals surface area contributed by atoms with Crippen molar-refractivity contribution >= 4 is 34.3 Å². The van der Waals surface area contributed by atoms with Gasteiger partial charge in [0, 0.05) is 28.5 Å². The van der Waals surface area contributed by atoms with E-state index in [-0.39, 0.29) is 11.9 Å². The number of para-hydroxylation sites is 1. The fraction of sp³-hybridized carbons (Fsp3) is 0.318. The first-order valence-corrected chi connectivity index (χ1v) is 11.3. The molecule has 3 nitrogen and oxygen atoms in total. The van der Waals surface area contributed by atoms with Crippen molar-refractivity contribution in [2.24, 2.45) is 0 Å². The first kappa shape index (κ1) is 17.0. The van der Waals surface area contributed by atoms with Gasteiger partial charge in [-0.2, -0.15) is 0 Å². The van der Waals surface area contributed by atoms with Crippen LogP contribution in [0.2, 0.25) is 0 Å². The van der Waals surface area contributed by atoms with Gasteiger partial charge in [0.05, 0.1) is 12.6 Å². The van der Waals surface area contributed by atoms with E-state index in [2.05, 4.69) is 63.0 Å². The van der Waals surface area contributed by atoms with Crippen molar-refractivity contribution in [1.29, 1.82) is 0 Å². The zero-order valence-corrected chi connectivity index (χ0v) is 16.8. The Balaban J connectivity index is 1.43. The van der Waals surface area contributed by atoms with Crippen LogP contribution >= 0.6 is 22.7 Å². The minimum Gasteiger partial charge on any atom is -0.362 e. The molecule has 0 bridgehead atoms. The third kappa shape index (κ3) is 3.09. The van der Waals surface area contributed by atoms with Gasteiger partial charge >= 0.3 is 0 Å². The van der Waals surface area contributed by atoms with Gasteiger partial charge < -0.3 is 9.80 Å². The number of amides is 1. The lowest BCUT2D eigenvalue weighted by molar-refractivity contribution is -0.131. The van der Waals surface area contributed by atoms with E-state index in [0.717, 1.165) is 32.4 Å². The summed E-state index contributed by atoms with van der Waals surface area (Å²) >= 11 is 3.57. The molecule has 27 heavy (non-hydrogen) atoms. The minimum absolute atomic E-state index is 0.0764. The van der Waals surface area contributed by atoms with Crippen molar-refractivity contribution in [2.45, 2.75) is 25.3 Å². The van der Waals surface area contributed by atoms with Crippen LogP contribution < -0.4 is 4.90 Å². The molecule has 0 spiro atoms. The van der Waals surface area contributed by atoms with Gasteiger partial charge in [-0.05, 0) is 59.3 Å². The monoisotopic (exact) mass is 394 g/mol. The summed E-state index contributed by atoms with van der Waals surface area (Å²) in [5, 5.41) is 4.28. The molecule has 1 amide bonds. The van der Waals surface area contributed by atoms with Crippen LogP contribution in [0.5, 0.6) is 0 Å². The van der Waals surface area contributed by atoms with E-state index in [9.17, 15) is 4.79 Å². The Morgan fingerprint density at radius 2 is 1.93 bits per heavy atom. The molecule has 138 valence electrons. The largest absolute Gasteiger partial charge is 0.362 e. The molecule has 1 aromatic carbocycles. The van der Waals surface area contributed by atoms with Crippen molar-refractivity contribution in [3.05, 3.63) is 74.1 Å². The van der Waals surface area contributed by atoms with Crippen molar-refractivity contribution in [2.75, 3.05) is 24.5 Å². The normalized spacial score (nSPS) is 18.9. The van der Waals surface area contributed by atoms with Crippen molar-refractivity contribution in [3.63, 3.8) is 0 Å². The average molecular weight is 395 g/mol. The third-order valence-electron chi connectivity index (χ3n) is 5.63. The maximum Gasteiger partial charge on any atom is 0.242 e. The Labute approximate surface area is 167 Å². The second-order valence-corrected chi connectivity index (χ2v) is 9.19. The molecule has 2 aromatic heterocycles. The minimum atomic E-state index is 0.0764. The Morgan fingerprint density at radius 1 is 1.00 bits per heavy atom. The van der Waals surface area contributed by atoms with Gasteiger partial charge in [-0.3, -0.25) is 4.79 Å². The number of thiophene rings is 2. The number of benzene rings is 1. The summed E-state index contributed by atoms with van der Waals surface area (Å²) in [5.41, 5.74) is 3.92. The number of carbonyl (C=O) groups excluding carboxylic acids is 1. The van der Waals surface area contributed by atoms with Crippen LogP contribution in [0.25, 0.3) is 0 Å². The van der Waals surface area contributed by atoms with E-state index in [1.807, 2.05) is 11.3 Å². The molecular weight excluding hydrogens is 372 g/mol. The van der Waals surface area contributed by atoms with Gasteiger partial charge in [-0.1, -0.05) is 24.3 Å². The maximum atomic E-state index is 13.4. The second kappa shape index (κ2) is 7.13. The highest BCUT2D eigenvalue weighted by Gasteiger charge is 2.34.